The van der Waals surface area contributed by atoms with Crippen molar-refractivity contribution in [3.63, 3.8) is 0 Å². The summed E-state index contributed by atoms with van der Waals surface area (Å²) in [4.78, 5) is 0. The van der Waals surface area contributed by atoms with Gasteiger partial charge in [-0.05, 0) is 50.3 Å². The minimum atomic E-state index is -0.141. The van der Waals surface area contributed by atoms with Crippen LogP contribution in [0.4, 0.5) is 10.1 Å². The molecule has 76 valence electrons. The molecule has 1 fully saturated rings. The maximum absolute atomic E-state index is 13.4. The molecule has 0 bridgehead atoms. The van der Waals surface area contributed by atoms with Gasteiger partial charge in [0.25, 0.3) is 0 Å². The molecule has 0 radical (unpaired) electrons. The van der Waals surface area contributed by atoms with Crippen LogP contribution >= 0.6 is 0 Å². The van der Waals surface area contributed by atoms with E-state index >= 15 is 0 Å². The number of hydrogen-bond acceptors (Lipinski definition) is 1. The molecule has 14 heavy (non-hydrogen) atoms. The van der Waals surface area contributed by atoms with E-state index in [9.17, 15) is 4.39 Å². The Morgan fingerprint density at radius 2 is 2.14 bits per heavy atom. The predicted molar refractivity (Wildman–Crippen MR) is 56.9 cm³/mol. The Morgan fingerprint density at radius 1 is 1.43 bits per heavy atom. The molecule has 0 unspecified atom stereocenters. The molecular weight excluding hydrogens is 177 g/mol. The average molecular weight is 193 g/mol. The van der Waals surface area contributed by atoms with Crippen molar-refractivity contribution in [3.05, 3.63) is 29.6 Å². The second kappa shape index (κ2) is 3.60. The second-order valence-corrected chi connectivity index (χ2v) is 4.25. The maximum atomic E-state index is 13.4. The van der Waals surface area contributed by atoms with Gasteiger partial charge in [-0.15, -0.1) is 0 Å². The van der Waals surface area contributed by atoms with E-state index in [0.717, 1.165) is 11.5 Å². The third-order valence-electron chi connectivity index (χ3n) is 2.84. The standard InChI is InChI=1S/C12H16FN/c1-8-3-6-12(11(13)7-8)14-9(2)10-4-5-10/h3,6-7,9-10,14H,4-5H2,1-2H3/t9-/m1/s1. The first-order chi connectivity index (χ1) is 6.66. The topological polar surface area (TPSA) is 12.0 Å². The molecule has 1 saturated carbocycles. The molecule has 1 atom stereocenters. The van der Waals surface area contributed by atoms with Gasteiger partial charge in [0.2, 0.25) is 0 Å². The van der Waals surface area contributed by atoms with Gasteiger partial charge in [-0.2, -0.15) is 0 Å². The molecule has 0 spiro atoms. The van der Waals surface area contributed by atoms with Crippen LogP contribution < -0.4 is 5.32 Å². The summed E-state index contributed by atoms with van der Waals surface area (Å²) in [5.74, 6) is 0.605. The fraction of sp³-hybridized carbons (Fsp3) is 0.500. The zero-order valence-corrected chi connectivity index (χ0v) is 8.68. The molecule has 1 aromatic rings. The summed E-state index contributed by atoms with van der Waals surface area (Å²) in [5.41, 5.74) is 1.60. The smallest absolute Gasteiger partial charge is 0.146 e. The predicted octanol–water partition coefficient (Wildman–Crippen LogP) is 3.34. The number of anilines is 1. The van der Waals surface area contributed by atoms with E-state index in [0.29, 0.717) is 11.7 Å². The van der Waals surface area contributed by atoms with Gasteiger partial charge in [0.1, 0.15) is 5.82 Å². The van der Waals surface area contributed by atoms with E-state index in [1.807, 2.05) is 19.1 Å². The van der Waals surface area contributed by atoms with E-state index in [2.05, 4.69) is 12.2 Å². The van der Waals surface area contributed by atoms with Gasteiger partial charge in [-0.1, -0.05) is 6.07 Å². The van der Waals surface area contributed by atoms with Gasteiger partial charge >= 0.3 is 0 Å². The largest absolute Gasteiger partial charge is 0.380 e. The first kappa shape index (κ1) is 9.50. The van der Waals surface area contributed by atoms with Gasteiger partial charge in [-0.25, -0.2) is 4.39 Å². The quantitative estimate of drug-likeness (QED) is 0.776. The Kier molecular flexibility index (Phi) is 2.44. The summed E-state index contributed by atoms with van der Waals surface area (Å²) in [6.07, 6.45) is 2.56. The number of hydrogen-bond donors (Lipinski definition) is 1. The van der Waals surface area contributed by atoms with Crippen LogP contribution in [-0.2, 0) is 0 Å². The maximum Gasteiger partial charge on any atom is 0.146 e. The van der Waals surface area contributed by atoms with Crippen LogP contribution in [0.25, 0.3) is 0 Å². The SMILES string of the molecule is Cc1ccc(N[C@H](C)C2CC2)c(F)c1. The minimum Gasteiger partial charge on any atom is -0.380 e. The van der Waals surface area contributed by atoms with Crippen molar-refractivity contribution in [2.24, 2.45) is 5.92 Å². The van der Waals surface area contributed by atoms with E-state index in [1.165, 1.54) is 12.8 Å². The van der Waals surface area contributed by atoms with Crippen molar-refractivity contribution >= 4 is 5.69 Å². The van der Waals surface area contributed by atoms with Crippen LogP contribution in [0.5, 0.6) is 0 Å². The lowest BCUT2D eigenvalue weighted by Crippen LogP contribution is -2.18. The lowest BCUT2D eigenvalue weighted by atomic mass is 10.1. The Balaban J connectivity index is 2.07. The van der Waals surface area contributed by atoms with Gasteiger partial charge in [0, 0.05) is 6.04 Å². The Morgan fingerprint density at radius 3 is 2.71 bits per heavy atom. The summed E-state index contributed by atoms with van der Waals surface area (Å²) in [6, 6.07) is 5.73. The molecule has 2 rings (SSSR count). The first-order valence-electron chi connectivity index (χ1n) is 5.19. The van der Waals surface area contributed by atoms with Gasteiger partial charge in [0.15, 0.2) is 0 Å². The molecule has 0 amide bonds. The van der Waals surface area contributed by atoms with Crippen molar-refractivity contribution in [2.45, 2.75) is 32.7 Å². The Labute approximate surface area is 84.3 Å². The fourth-order valence-corrected chi connectivity index (χ4v) is 1.70. The third-order valence-corrected chi connectivity index (χ3v) is 2.84. The van der Waals surface area contributed by atoms with E-state index < -0.39 is 0 Å². The highest BCUT2D eigenvalue weighted by molar-refractivity contribution is 5.47. The Hall–Kier alpha value is -1.05. The summed E-state index contributed by atoms with van der Waals surface area (Å²) >= 11 is 0. The minimum absolute atomic E-state index is 0.141. The summed E-state index contributed by atoms with van der Waals surface area (Å²) in [5, 5.41) is 3.22. The number of nitrogens with one attached hydrogen (secondary N) is 1. The second-order valence-electron chi connectivity index (χ2n) is 4.25. The number of aryl methyl sites for hydroxylation is 1. The lowest BCUT2D eigenvalue weighted by Gasteiger charge is -2.15. The van der Waals surface area contributed by atoms with Crippen LogP contribution in [0.1, 0.15) is 25.3 Å². The van der Waals surface area contributed by atoms with Gasteiger partial charge in [0.05, 0.1) is 5.69 Å². The lowest BCUT2D eigenvalue weighted by molar-refractivity contribution is 0.618. The molecule has 1 aliphatic carbocycles. The summed E-state index contributed by atoms with van der Waals surface area (Å²) in [7, 11) is 0. The number of benzene rings is 1. The van der Waals surface area contributed by atoms with Crippen molar-refractivity contribution in [1.82, 2.24) is 0 Å². The van der Waals surface area contributed by atoms with Gasteiger partial charge < -0.3 is 5.32 Å². The average Bonchev–Trinajstić information content (AvgIpc) is 2.92. The van der Waals surface area contributed by atoms with E-state index in [-0.39, 0.29) is 5.82 Å². The molecule has 0 aliphatic heterocycles. The molecule has 0 heterocycles. The van der Waals surface area contributed by atoms with Crippen molar-refractivity contribution in [2.75, 3.05) is 5.32 Å². The molecule has 1 N–H and O–H groups in total. The summed E-state index contributed by atoms with van der Waals surface area (Å²) in [6.45, 7) is 4.02. The third kappa shape index (κ3) is 2.06. The monoisotopic (exact) mass is 193 g/mol. The van der Waals surface area contributed by atoms with Crippen LogP contribution in [0.15, 0.2) is 18.2 Å². The zero-order chi connectivity index (χ0) is 10.1. The van der Waals surface area contributed by atoms with E-state index in [1.54, 1.807) is 6.07 Å². The van der Waals surface area contributed by atoms with E-state index in [4.69, 9.17) is 0 Å². The highest BCUT2D eigenvalue weighted by atomic mass is 19.1. The number of rotatable bonds is 3. The van der Waals surface area contributed by atoms with Crippen LogP contribution in [-0.4, -0.2) is 6.04 Å². The Bertz CT molecular complexity index is 331. The summed E-state index contributed by atoms with van der Waals surface area (Å²) < 4.78 is 13.4. The van der Waals surface area contributed by atoms with Crippen molar-refractivity contribution in [1.29, 1.82) is 0 Å². The number of halogens is 1. The van der Waals surface area contributed by atoms with Crippen molar-refractivity contribution < 1.29 is 4.39 Å². The molecule has 2 heteroatoms. The fourth-order valence-electron chi connectivity index (χ4n) is 1.70. The highest BCUT2D eigenvalue weighted by Gasteiger charge is 2.28. The normalized spacial score (nSPS) is 17.9. The van der Waals surface area contributed by atoms with Crippen LogP contribution in [0, 0.1) is 18.7 Å². The molecular formula is C12H16FN. The van der Waals surface area contributed by atoms with Gasteiger partial charge in [-0.3, -0.25) is 0 Å². The van der Waals surface area contributed by atoms with Crippen molar-refractivity contribution in [3.8, 4) is 0 Å². The zero-order valence-electron chi connectivity index (χ0n) is 8.68. The molecule has 0 aromatic heterocycles. The molecule has 1 aromatic carbocycles. The molecule has 1 nitrogen and oxygen atoms in total. The highest BCUT2D eigenvalue weighted by Crippen LogP contribution is 2.34. The molecule has 1 aliphatic rings. The first-order valence-corrected chi connectivity index (χ1v) is 5.19. The van der Waals surface area contributed by atoms with Crippen LogP contribution in [0.2, 0.25) is 0 Å². The molecule has 0 saturated heterocycles. The van der Waals surface area contributed by atoms with Crippen LogP contribution in [0.3, 0.4) is 0 Å².